The Morgan fingerprint density at radius 2 is 2.18 bits per heavy atom. The number of thiophene rings is 1. The Hall–Kier alpha value is -2.21. The van der Waals surface area contributed by atoms with E-state index in [9.17, 15) is 0 Å². The van der Waals surface area contributed by atoms with Gasteiger partial charge in [-0.3, -0.25) is 0 Å². The molecule has 3 rings (SSSR count). The zero-order chi connectivity index (χ0) is 11.7. The highest BCUT2D eigenvalue weighted by atomic mass is 32.1. The van der Waals surface area contributed by atoms with Crippen molar-refractivity contribution < 1.29 is 4.52 Å². The summed E-state index contributed by atoms with van der Waals surface area (Å²) < 4.78 is 5.19. The Morgan fingerprint density at radius 1 is 1.24 bits per heavy atom. The van der Waals surface area contributed by atoms with Crippen LogP contribution in [0.3, 0.4) is 0 Å². The average molecular weight is 244 g/mol. The van der Waals surface area contributed by atoms with Gasteiger partial charge in [-0.1, -0.05) is 5.16 Å². The average Bonchev–Trinajstić information content (AvgIpc) is 3.00. The van der Waals surface area contributed by atoms with Crippen molar-refractivity contribution in [3.63, 3.8) is 0 Å². The van der Waals surface area contributed by atoms with Crippen LogP contribution in [-0.2, 0) is 0 Å². The first-order valence-electron chi connectivity index (χ1n) is 4.91. The van der Waals surface area contributed by atoms with Crippen molar-refractivity contribution in [3.8, 4) is 22.8 Å². The fraction of sp³-hybridized carbons (Fsp3) is 0. The smallest absolute Gasteiger partial charge is 0.258 e. The summed E-state index contributed by atoms with van der Waals surface area (Å²) in [6.07, 6.45) is 1.61. The number of pyridine rings is 1. The first-order chi connectivity index (χ1) is 8.33. The molecule has 5 nitrogen and oxygen atoms in total. The molecule has 0 saturated heterocycles. The second-order valence-electron chi connectivity index (χ2n) is 3.40. The monoisotopic (exact) mass is 244 g/mol. The van der Waals surface area contributed by atoms with Crippen molar-refractivity contribution in [3.05, 3.63) is 35.2 Å². The number of nitrogens with two attached hydrogens (primary N) is 1. The van der Waals surface area contributed by atoms with Gasteiger partial charge in [-0.15, -0.1) is 0 Å². The number of hydrogen-bond donors (Lipinski definition) is 1. The van der Waals surface area contributed by atoms with Crippen molar-refractivity contribution in [1.29, 1.82) is 0 Å². The summed E-state index contributed by atoms with van der Waals surface area (Å²) in [5, 5.41) is 7.86. The largest absolute Gasteiger partial charge is 0.384 e. The molecule has 0 saturated carbocycles. The van der Waals surface area contributed by atoms with Gasteiger partial charge in [0.25, 0.3) is 5.89 Å². The highest BCUT2D eigenvalue weighted by molar-refractivity contribution is 7.08. The van der Waals surface area contributed by atoms with E-state index < -0.39 is 0 Å². The van der Waals surface area contributed by atoms with Crippen molar-refractivity contribution >= 4 is 17.2 Å². The van der Waals surface area contributed by atoms with Gasteiger partial charge < -0.3 is 10.3 Å². The van der Waals surface area contributed by atoms with E-state index in [0.717, 1.165) is 11.1 Å². The Labute approximate surface area is 101 Å². The van der Waals surface area contributed by atoms with Crippen molar-refractivity contribution in [2.24, 2.45) is 0 Å². The molecule has 0 aliphatic rings. The fourth-order valence-electron chi connectivity index (χ4n) is 1.43. The molecule has 0 amide bonds. The molecule has 3 heterocycles. The molecule has 0 atom stereocenters. The topological polar surface area (TPSA) is 77.8 Å². The number of aromatic nitrogens is 3. The molecule has 0 radical (unpaired) electrons. The summed E-state index contributed by atoms with van der Waals surface area (Å²) in [7, 11) is 0. The van der Waals surface area contributed by atoms with E-state index >= 15 is 0 Å². The number of anilines is 1. The molecule has 84 valence electrons. The molecule has 0 spiro atoms. The SMILES string of the molecule is Nc1cc(-c2nc(-c3ccsc3)no2)ccn1. The quantitative estimate of drug-likeness (QED) is 0.749. The van der Waals surface area contributed by atoms with Gasteiger partial charge in [0.15, 0.2) is 0 Å². The second-order valence-corrected chi connectivity index (χ2v) is 4.18. The molecule has 0 aromatic carbocycles. The molecular weight excluding hydrogens is 236 g/mol. The predicted octanol–water partition coefficient (Wildman–Crippen LogP) is 2.44. The van der Waals surface area contributed by atoms with Crippen LogP contribution in [0.25, 0.3) is 22.8 Å². The number of nitrogens with zero attached hydrogens (tertiary/aromatic N) is 3. The van der Waals surface area contributed by atoms with Gasteiger partial charge in [-0.25, -0.2) is 4.98 Å². The summed E-state index contributed by atoms with van der Waals surface area (Å²) in [6.45, 7) is 0. The number of rotatable bonds is 2. The molecule has 2 N–H and O–H groups in total. The molecule has 0 bridgehead atoms. The van der Waals surface area contributed by atoms with E-state index in [0.29, 0.717) is 17.5 Å². The zero-order valence-electron chi connectivity index (χ0n) is 8.70. The van der Waals surface area contributed by atoms with Crippen molar-refractivity contribution in [2.45, 2.75) is 0 Å². The fourth-order valence-corrected chi connectivity index (χ4v) is 2.07. The van der Waals surface area contributed by atoms with Crippen molar-refractivity contribution in [1.82, 2.24) is 15.1 Å². The van der Waals surface area contributed by atoms with Gasteiger partial charge >= 0.3 is 0 Å². The molecule has 6 heteroatoms. The standard InChI is InChI=1S/C11H8N4OS/c12-9-5-7(1-3-13-9)11-14-10(15-16-11)8-2-4-17-6-8/h1-6H,(H2,12,13). The lowest BCUT2D eigenvalue weighted by Crippen LogP contribution is -1.89. The van der Waals surface area contributed by atoms with Crippen LogP contribution in [0.4, 0.5) is 5.82 Å². The highest BCUT2D eigenvalue weighted by Gasteiger charge is 2.10. The van der Waals surface area contributed by atoms with Crippen LogP contribution in [0, 0.1) is 0 Å². The minimum atomic E-state index is 0.429. The van der Waals surface area contributed by atoms with Crippen LogP contribution in [0.2, 0.25) is 0 Å². The Bertz CT molecular complexity index is 632. The first kappa shape index (κ1) is 9.98. The van der Waals surface area contributed by atoms with E-state index in [2.05, 4.69) is 15.1 Å². The third-order valence-corrected chi connectivity index (χ3v) is 2.92. The Balaban J connectivity index is 2.01. The summed E-state index contributed by atoms with van der Waals surface area (Å²) in [4.78, 5) is 8.22. The van der Waals surface area contributed by atoms with Gasteiger partial charge in [0.05, 0.1) is 0 Å². The summed E-state index contributed by atoms with van der Waals surface area (Å²) in [5.74, 6) is 1.45. The minimum Gasteiger partial charge on any atom is -0.384 e. The lowest BCUT2D eigenvalue weighted by atomic mass is 10.2. The molecule has 0 fully saturated rings. The third-order valence-electron chi connectivity index (χ3n) is 2.23. The van der Waals surface area contributed by atoms with Gasteiger partial charge in [-0.05, 0) is 23.6 Å². The van der Waals surface area contributed by atoms with Crippen LogP contribution in [0.15, 0.2) is 39.7 Å². The van der Waals surface area contributed by atoms with Crippen LogP contribution < -0.4 is 5.73 Å². The molecule has 17 heavy (non-hydrogen) atoms. The lowest BCUT2D eigenvalue weighted by molar-refractivity contribution is 0.432. The minimum absolute atomic E-state index is 0.429. The van der Waals surface area contributed by atoms with Crippen LogP contribution >= 0.6 is 11.3 Å². The zero-order valence-corrected chi connectivity index (χ0v) is 9.52. The van der Waals surface area contributed by atoms with E-state index in [-0.39, 0.29) is 0 Å². The molecule has 3 aromatic rings. The van der Waals surface area contributed by atoms with Crippen LogP contribution in [0.1, 0.15) is 0 Å². The predicted molar refractivity (Wildman–Crippen MR) is 65.3 cm³/mol. The van der Waals surface area contributed by atoms with E-state index in [1.807, 2.05) is 16.8 Å². The molecule has 0 unspecified atom stereocenters. The first-order valence-corrected chi connectivity index (χ1v) is 5.85. The van der Waals surface area contributed by atoms with E-state index in [4.69, 9.17) is 10.3 Å². The van der Waals surface area contributed by atoms with Crippen LogP contribution in [-0.4, -0.2) is 15.1 Å². The second kappa shape index (κ2) is 3.99. The molecule has 0 aliphatic heterocycles. The Morgan fingerprint density at radius 3 is 2.94 bits per heavy atom. The van der Waals surface area contributed by atoms with E-state index in [1.54, 1.807) is 29.7 Å². The van der Waals surface area contributed by atoms with Gasteiger partial charge in [-0.2, -0.15) is 16.3 Å². The molecule has 0 aliphatic carbocycles. The highest BCUT2D eigenvalue weighted by Crippen LogP contribution is 2.23. The number of hydrogen-bond acceptors (Lipinski definition) is 6. The third kappa shape index (κ3) is 1.90. The van der Waals surface area contributed by atoms with Gasteiger partial charge in [0.1, 0.15) is 5.82 Å². The maximum atomic E-state index is 5.60. The summed E-state index contributed by atoms with van der Waals surface area (Å²) in [5.41, 5.74) is 7.32. The molecule has 3 aromatic heterocycles. The Kier molecular flexibility index (Phi) is 2.34. The van der Waals surface area contributed by atoms with Crippen LogP contribution in [0.5, 0.6) is 0 Å². The van der Waals surface area contributed by atoms with Gasteiger partial charge in [0.2, 0.25) is 5.82 Å². The van der Waals surface area contributed by atoms with Crippen molar-refractivity contribution in [2.75, 3.05) is 5.73 Å². The maximum absolute atomic E-state index is 5.60. The normalized spacial score (nSPS) is 10.6. The molecular formula is C11H8N4OS. The summed E-state index contributed by atoms with van der Waals surface area (Å²) >= 11 is 1.59. The number of nitrogen functional groups attached to an aromatic ring is 1. The maximum Gasteiger partial charge on any atom is 0.258 e. The summed E-state index contributed by atoms with van der Waals surface area (Å²) in [6, 6.07) is 5.42. The lowest BCUT2D eigenvalue weighted by Gasteiger charge is -1.94. The van der Waals surface area contributed by atoms with E-state index in [1.165, 1.54) is 0 Å². The van der Waals surface area contributed by atoms with Gasteiger partial charge in [0, 0.05) is 22.7 Å².